The number of carbonyl (C=O) groups is 2. The van der Waals surface area contributed by atoms with Crippen molar-refractivity contribution >= 4 is 11.9 Å². The van der Waals surface area contributed by atoms with Crippen LogP contribution in [0.2, 0.25) is 0 Å². The molecule has 1 aromatic heterocycles. The Morgan fingerprint density at radius 1 is 1.47 bits per heavy atom. The first-order chi connectivity index (χ1) is 8.00. The van der Waals surface area contributed by atoms with Gasteiger partial charge in [-0.3, -0.25) is 14.3 Å². The van der Waals surface area contributed by atoms with Gasteiger partial charge in [0, 0.05) is 25.0 Å². The van der Waals surface area contributed by atoms with Crippen LogP contribution in [0.4, 0.5) is 0 Å². The van der Waals surface area contributed by atoms with Gasteiger partial charge in [-0.15, -0.1) is 0 Å². The van der Waals surface area contributed by atoms with Gasteiger partial charge in [0.2, 0.25) is 5.91 Å². The lowest BCUT2D eigenvalue weighted by atomic mass is 10.2. The van der Waals surface area contributed by atoms with Gasteiger partial charge in [0.15, 0.2) is 0 Å². The molecule has 0 aliphatic rings. The highest BCUT2D eigenvalue weighted by atomic mass is 16.4. The van der Waals surface area contributed by atoms with Crippen LogP contribution in [0.5, 0.6) is 0 Å². The Balaban J connectivity index is 2.57. The molecule has 0 spiro atoms. The summed E-state index contributed by atoms with van der Waals surface area (Å²) in [6.07, 6.45) is 3.26. The fourth-order valence-electron chi connectivity index (χ4n) is 1.51. The Labute approximate surface area is 99.8 Å². The third kappa shape index (κ3) is 4.26. The number of hydrogen-bond donors (Lipinski definition) is 1. The van der Waals surface area contributed by atoms with Crippen LogP contribution in [-0.2, 0) is 16.1 Å². The molecule has 17 heavy (non-hydrogen) atoms. The molecule has 0 aliphatic carbocycles. The number of carboxylic acid groups (broad SMARTS) is 1. The molecule has 6 heteroatoms. The molecule has 1 amide bonds. The van der Waals surface area contributed by atoms with Crippen LogP contribution < -0.4 is 0 Å². The normalized spacial score (nSPS) is 10.5. The standard InChI is InChI=1S/C11H17N3O3/c1-9(2)14(7-4-11(16)17)10(15)8-13-6-3-5-12-13/h3,5-6,9H,4,7-8H2,1-2H3,(H,16,17). The van der Waals surface area contributed by atoms with E-state index in [-0.39, 0.29) is 31.5 Å². The minimum Gasteiger partial charge on any atom is -0.481 e. The zero-order valence-corrected chi connectivity index (χ0v) is 10.0. The molecule has 0 saturated carbocycles. The number of carboxylic acids is 1. The van der Waals surface area contributed by atoms with Gasteiger partial charge < -0.3 is 10.0 Å². The summed E-state index contributed by atoms with van der Waals surface area (Å²) in [6.45, 7) is 4.10. The number of rotatable bonds is 6. The van der Waals surface area contributed by atoms with Crippen LogP contribution >= 0.6 is 0 Å². The smallest absolute Gasteiger partial charge is 0.305 e. The minimum atomic E-state index is -0.900. The van der Waals surface area contributed by atoms with E-state index < -0.39 is 5.97 Å². The predicted octanol–water partition coefficient (Wildman–Crippen LogP) is 0.595. The minimum absolute atomic E-state index is 0.0163. The summed E-state index contributed by atoms with van der Waals surface area (Å²) in [5.74, 6) is -1.02. The first kappa shape index (κ1) is 13.2. The van der Waals surface area contributed by atoms with Crippen molar-refractivity contribution in [2.45, 2.75) is 32.9 Å². The van der Waals surface area contributed by atoms with E-state index >= 15 is 0 Å². The van der Waals surface area contributed by atoms with Gasteiger partial charge in [0.25, 0.3) is 0 Å². The lowest BCUT2D eigenvalue weighted by molar-refractivity contribution is -0.139. The van der Waals surface area contributed by atoms with E-state index in [0.29, 0.717) is 0 Å². The van der Waals surface area contributed by atoms with Crippen molar-refractivity contribution in [2.75, 3.05) is 6.54 Å². The fourth-order valence-corrected chi connectivity index (χ4v) is 1.51. The van der Waals surface area contributed by atoms with Crippen LogP contribution in [0.25, 0.3) is 0 Å². The summed E-state index contributed by atoms with van der Waals surface area (Å²) >= 11 is 0. The molecule has 0 saturated heterocycles. The second-order valence-corrected chi connectivity index (χ2v) is 4.03. The predicted molar refractivity (Wildman–Crippen MR) is 61.3 cm³/mol. The summed E-state index contributed by atoms with van der Waals surface area (Å²) in [5, 5.41) is 12.6. The molecule has 1 N–H and O–H groups in total. The highest BCUT2D eigenvalue weighted by Crippen LogP contribution is 2.02. The number of aromatic nitrogens is 2. The summed E-state index contributed by atoms with van der Waals surface area (Å²) < 4.78 is 1.53. The molecule has 6 nitrogen and oxygen atoms in total. The summed E-state index contributed by atoms with van der Waals surface area (Å²) in [4.78, 5) is 24.0. The van der Waals surface area contributed by atoms with E-state index in [2.05, 4.69) is 5.10 Å². The van der Waals surface area contributed by atoms with Crippen LogP contribution in [0.15, 0.2) is 18.5 Å². The number of amides is 1. The number of hydrogen-bond acceptors (Lipinski definition) is 3. The van der Waals surface area contributed by atoms with E-state index in [1.54, 1.807) is 23.4 Å². The van der Waals surface area contributed by atoms with Crippen LogP contribution in [0, 0.1) is 0 Å². The molecule has 0 aliphatic heterocycles. The third-order valence-corrected chi connectivity index (χ3v) is 2.37. The Morgan fingerprint density at radius 3 is 2.65 bits per heavy atom. The summed E-state index contributed by atoms with van der Waals surface area (Å²) in [5.41, 5.74) is 0. The Morgan fingerprint density at radius 2 is 2.18 bits per heavy atom. The van der Waals surface area contributed by atoms with Gasteiger partial charge in [0.1, 0.15) is 6.54 Å². The average Bonchev–Trinajstić information content (AvgIpc) is 2.69. The van der Waals surface area contributed by atoms with Crippen molar-refractivity contribution in [1.29, 1.82) is 0 Å². The highest BCUT2D eigenvalue weighted by molar-refractivity contribution is 5.77. The second-order valence-electron chi connectivity index (χ2n) is 4.03. The lowest BCUT2D eigenvalue weighted by Gasteiger charge is -2.26. The van der Waals surface area contributed by atoms with Gasteiger partial charge in [-0.25, -0.2) is 0 Å². The van der Waals surface area contributed by atoms with Gasteiger partial charge in [-0.05, 0) is 19.9 Å². The van der Waals surface area contributed by atoms with Crippen molar-refractivity contribution in [1.82, 2.24) is 14.7 Å². The van der Waals surface area contributed by atoms with Crippen LogP contribution in [-0.4, -0.2) is 44.3 Å². The molecule has 94 valence electrons. The van der Waals surface area contributed by atoms with Gasteiger partial charge in [0.05, 0.1) is 6.42 Å². The summed E-state index contributed by atoms with van der Waals surface area (Å²) in [7, 11) is 0. The molecular weight excluding hydrogens is 222 g/mol. The van der Waals surface area contributed by atoms with Crippen molar-refractivity contribution in [2.24, 2.45) is 0 Å². The zero-order chi connectivity index (χ0) is 12.8. The van der Waals surface area contributed by atoms with Crippen LogP contribution in [0.1, 0.15) is 20.3 Å². The summed E-state index contributed by atoms with van der Waals surface area (Å²) in [6, 6.07) is 1.72. The zero-order valence-electron chi connectivity index (χ0n) is 10.0. The molecule has 1 rings (SSSR count). The molecule has 1 heterocycles. The maximum atomic E-state index is 11.9. The van der Waals surface area contributed by atoms with Gasteiger partial charge in [-0.1, -0.05) is 0 Å². The second kappa shape index (κ2) is 6.03. The highest BCUT2D eigenvalue weighted by Gasteiger charge is 2.18. The number of carbonyl (C=O) groups excluding carboxylic acids is 1. The maximum absolute atomic E-state index is 11.9. The first-order valence-electron chi connectivity index (χ1n) is 5.49. The third-order valence-electron chi connectivity index (χ3n) is 2.37. The molecule has 1 aromatic rings. The Bertz CT molecular complexity index is 373. The van der Waals surface area contributed by atoms with Crippen molar-refractivity contribution in [3.8, 4) is 0 Å². The van der Waals surface area contributed by atoms with E-state index in [1.165, 1.54) is 4.68 Å². The molecular formula is C11H17N3O3. The lowest BCUT2D eigenvalue weighted by Crippen LogP contribution is -2.40. The van der Waals surface area contributed by atoms with Gasteiger partial charge >= 0.3 is 5.97 Å². The molecule has 0 bridgehead atoms. The van der Waals surface area contributed by atoms with E-state index in [9.17, 15) is 9.59 Å². The first-order valence-corrected chi connectivity index (χ1v) is 5.49. The molecule has 0 radical (unpaired) electrons. The average molecular weight is 239 g/mol. The Kier molecular flexibility index (Phi) is 4.68. The van der Waals surface area contributed by atoms with Crippen LogP contribution in [0.3, 0.4) is 0 Å². The van der Waals surface area contributed by atoms with Gasteiger partial charge in [-0.2, -0.15) is 5.10 Å². The van der Waals surface area contributed by atoms with Crippen molar-refractivity contribution < 1.29 is 14.7 Å². The van der Waals surface area contributed by atoms with E-state index in [1.807, 2.05) is 13.8 Å². The number of aliphatic carboxylic acids is 1. The molecule has 0 aromatic carbocycles. The molecule has 0 unspecified atom stereocenters. The van der Waals surface area contributed by atoms with Crippen molar-refractivity contribution in [3.05, 3.63) is 18.5 Å². The fraction of sp³-hybridized carbons (Fsp3) is 0.545. The van der Waals surface area contributed by atoms with Crippen molar-refractivity contribution in [3.63, 3.8) is 0 Å². The topological polar surface area (TPSA) is 75.4 Å². The Hall–Kier alpha value is -1.85. The van der Waals surface area contributed by atoms with E-state index in [4.69, 9.17) is 5.11 Å². The maximum Gasteiger partial charge on any atom is 0.305 e. The largest absolute Gasteiger partial charge is 0.481 e. The monoisotopic (exact) mass is 239 g/mol. The quantitative estimate of drug-likeness (QED) is 0.788. The SMILES string of the molecule is CC(C)N(CCC(=O)O)C(=O)Cn1cccn1. The molecule has 0 fully saturated rings. The number of nitrogens with zero attached hydrogens (tertiary/aromatic N) is 3. The van der Waals surface area contributed by atoms with E-state index in [0.717, 1.165) is 0 Å². The molecule has 0 atom stereocenters.